The minimum Gasteiger partial charge on any atom is -0.478 e. The van der Waals surface area contributed by atoms with Crippen molar-refractivity contribution in [2.75, 3.05) is 0 Å². The number of hydrogen-bond acceptors (Lipinski definition) is 3. The summed E-state index contributed by atoms with van der Waals surface area (Å²) >= 11 is 0. The number of rotatable bonds is 3. The molecule has 1 aliphatic rings. The maximum absolute atomic E-state index is 10.3. The van der Waals surface area contributed by atoms with Gasteiger partial charge in [-0.15, -0.1) is 0 Å². The molecule has 0 fully saturated rings. The van der Waals surface area contributed by atoms with Crippen LogP contribution in [0, 0.1) is 0 Å². The Labute approximate surface area is 105 Å². The van der Waals surface area contributed by atoms with Crippen molar-refractivity contribution < 1.29 is 19.4 Å². The van der Waals surface area contributed by atoms with Crippen LogP contribution in [0.2, 0.25) is 0 Å². The molecule has 94 valence electrons. The molecule has 18 heavy (non-hydrogen) atoms. The van der Waals surface area contributed by atoms with Gasteiger partial charge < -0.3 is 14.6 Å². The first-order chi connectivity index (χ1) is 8.46. The molecule has 0 radical (unpaired) electrons. The lowest BCUT2D eigenvalue weighted by Gasteiger charge is -2.16. The molecule has 1 heterocycles. The fourth-order valence-corrected chi connectivity index (χ4v) is 1.65. The summed E-state index contributed by atoms with van der Waals surface area (Å²) in [4.78, 5) is 10.3. The highest BCUT2D eigenvalue weighted by Crippen LogP contribution is 2.39. The first-order valence-corrected chi connectivity index (χ1v) is 5.56. The molecule has 0 saturated carbocycles. The van der Waals surface area contributed by atoms with Crippen LogP contribution in [0.4, 0.5) is 0 Å². The third-order valence-corrected chi connectivity index (χ3v) is 2.32. The van der Waals surface area contributed by atoms with Crippen LogP contribution in [0.25, 0.3) is 6.08 Å². The van der Waals surface area contributed by atoms with E-state index in [9.17, 15) is 4.79 Å². The number of benzene rings is 1. The highest BCUT2D eigenvalue weighted by molar-refractivity contribution is 5.80. The first-order valence-electron chi connectivity index (χ1n) is 5.56. The molecule has 0 bridgehead atoms. The van der Waals surface area contributed by atoms with E-state index in [0.29, 0.717) is 5.75 Å². The van der Waals surface area contributed by atoms with Gasteiger partial charge in [0.05, 0.1) is 0 Å². The van der Waals surface area contributed by atoms with Crippen molar-refractivity contribution >= 4 is 12.0 Å². The van der Waals surface area contributed by atoms with Crippen LogP contribution in [0.15, 0.2) is 36.4 Å². The van der Waals surface area contributed by atoms with Crippen molar-refractivity contribution in [2.24, 2.45) is 0 Å². The van der Waals surface area contributed by atoms with E-state index in [0.717, 1.165) is 17.4 Å². The lowest BCUT2D eigenvalue weighted by Crippen LogP contribution is -2.29. The molecule has 0 unspecified atom stereocenters. The van der Waals surface area contributed by atoms with E-state index in [4.69, 9.17) is 14.6 Å². The van der Waals surface area contributed by atoms with Gasteiger partial charge in [-0.25, -0.2) is 4.79 Å². The van der Waals surface area contributed by atoms with Gasteiger partial charge in [0, 0.05) is 19.9 Å². The van der Waals surface area contributed by atoms with Gasteiger partial charge in [0.15, 0.2) is 11.5 Å². The number of carboxylic acid groups (broad SMARTS) is 1. The van der Waals surface area contributed by atoms with E-state index in [-0.39, 0.29) is 0 Å². The summed E-state index contributed by atoms with van der Waals surface area (Å²) in [6.07, 6.45) is 6.01. The number of allylic oxidation sites excluding steroid dienone is 2. The molecule has 4 heteroatoms. The number of aliphatic carboxylic acids is 1. The molecule has 1 aliphatic heterocycles. The second-order valence-electron chi connectivity index (χ2n) is 4.37. The first kappa shape index (κ1) is 12.2. The molecule has 0 aliphatic carbocycles. The van der Waals surface area contributed by atoms with Gasteiger partial charge in [0.25, 0.3) is 0 Å². The van der Waals surface area contributed by atoms with Crippen molar-refractivity contribution in [2.45, 2.75) is 19.6 Å². The second-order valence-corrected chi connectivity index (χ2v) is 4.37. The van der Waals surface area contributed by atoms with Crippen molar-refractivity contribution in [1.82, 2.24) is 0 Å². The number of carbonyl (C=O) groups is 1. The van der Waals surface area contributed by atoms with Crippen LogP contribution >= 0.6 is 0 Å². The molecular weight excluding hydrogens is 232 g/mol. The normalized spacial score (nSPS) is 16.6. The van der Waals surface area contributed by atoms with E-state index in [2.05, 4.69) is 0 Å². The molecule has 2 rings (SSSR count). The number of ether oxygens (including phenoxy) is 2. The Morgan fingerprint density at radius 2 is 1.94 bits per heavy atom. The SMILES string of the molecule is CC1(C)Oc2ccc(C=CC=CC(=O)O)cc2O1. The second kappa shape index (κ2) is 4.56. The Morgan fingerprint density at radius 3 is 2.67 bits per heavy atom. The lowest BCUT2D eigenvalue weighted by molar-refractivity contribution is -0.131. The number of carboxylic acids is 1. The fraction of sp³-hybridized carbons (Fsp3) is 0.214. The molecule has 1 aromatic carbocycles. The topological polar surface area (TPSA) is 55.8 Å². The minimum absolute atomic E-state index is 0.631. The zero-order valence-electron chi connectivity index (χ0n) is 10.2. The minimum atomic E-state index is -0.966. The van der Waals surface area contributed by atoms with Crippen LogP contribution in [0.3, 0.4) is 0 Å². The number of hydrogen-bond donors (Lipinski definition) is 1. The monoisotopic (exact) mass is 246 g/mol. The largest absolute Gasteiger partial charge is 0.478 e. The quantitative estimate of drug-likeness (QED) is 0.658. The van der Waals surface area contributed by atoms with Crippen LogP contribution < -0.4 is 9.47 Å². The zero-order chi connectivity index (χ0) is 13.2. The summed E-state index contributed by atoms with van der Waals surface area (Å²) < 4.78 is 11.2. The predicted molar refractivity (Wildman–Crippen MR) is 67.6 cm³/mol. The van der Waals surface area contributed by atoms with Gasteiger partial charge in [0.1, 0.15) is 0 Å². The summed E-state index contributed by atoms with van der Waals surface area (Å²) in [6, 6.07) is 5.58. The van der Waals surface area contributed by atoms with Gasteiger partial charge in [-0.3, -0.25) is 0 Å². The van der Waals surface area contributed by atoms with Gasteiger partial charge in [-0.05, 0) is 17.7 Å². The Bertz CT molecular complexity index is 527. The summed E-state index contributed by atoms with van der Waals surface area (Å²) in [5, 5.41) is 8.44. The highest BCUT2D eigenvalue weighted by atomic mass is 16.7. The lowest BCUT2D eigenvalue weighted by atomic mass is 10.2. The molecule has 0 atom stereocenters. The van der Waals surface area contributed by atoms with Gasteiger partial charge in [-0.2, -0.15) is 0 Å². The van der Waals surface area contributed by atoms with Gasteiger partial charge >= 0.3 is 5.97 Å². The maximum Gasteiger partial charge on any atom is 0.328 e. The fourth-order valence-electron chi connectivity index (χ4n) is 1.65. The third kappa shape index (κ3) is 2.91. The Morgan fingerprint density at radius 1 is 1.22 bits per heavy atom. The van der Waals surface area contributed by atoms with E-state index in [1.54, 1.807) is 12.2 Å². The average molecular weight is 246 g/mol. The van der Waals surface area contributed by atoms with Crippen molar-refractivity contribution in [3.05, 3.63) is 42.0 Å². The molecule has 0 amide bonds. The molecule has 0 aromatic heterocycles. The zero-order valence-corrected chi connectivity index (χ0v) is 10.2. The highest BCUT2D eigenvalue weighted by Gasteiger charge is 2.31. The van der Waals surface area contributed by atoms with E-state index in [1.165, 1.54) is 6.08 Å². The van der Waals surface area contributed by atoms with Crippen LogP contribution in [-0.2, 0) is 4.79 Å². The van der Waals surface area contributed by atoms with E-state index >= 15 is 0 Å². The summed E-state index contributed by atoms with van der Waals surface area (Å²) in [5.41, 5.74) is 0.921. The maximum atomic E-state index is 10.3. The Hall–Kier alpha value is -2.23. The van der Waals surface area contributed by atoms with Gasteiger partial charge in [0.2, 0.25) is 5.79 Å². The average Bonchev–Trinajstić information content (AvgIpc) is 2.57. The van der Waals surface area contributed by atoms with Gasteiger partial charge in [-0.1, -0.05) is 24.3 Å². The molecular formula is C14H14O4. The molecule has 0 saturated heterocycles. The van der Waals surface area contributed by atoms with Crippen molar-refractivity contribution in [3.8, 4) is 11.5 Å². The molecule has 4 nitrogen and oxygen atoms in total. The van der Waals surface area contributed by atoms with Crippen molar-refractivity contribution in [3.63, 3.8) is 0 Å². The summed E-state index contributed by atoms with van der Waals surface area (Å²) in [7, 11) is 0. The molecule has 1 N–H and O–H groups in total. The Kier molecular flexibility index (Phi) is 3.10. The van der Waals surface area contributed by atoms with Crippen LogP contribution in [0.1, 0.15) is 19.4 Å². The summed E-state index contributed by atoms with van der Waals surface area (Å²) in [5.74, 6) is -0.178. The van der Waals surface area contributed by atoms with Crippen molar-refractivity contribution in [1.29, 1.82) is 0 Å². The van der Waals surface area contributed by atoms with Crippen LogP contribution in [0.5, 0.6) is 11.5 Å². The third-order valence-electron chi connectivity index (χ3n) is 2.32. The smallest absolute Gasteiger partial charge is 0.328 e. The van der Waals surface area contributed by atoms with E-state index < -0.39 is 11.8 Å². The van der Waals surface area contributed by atoms with Crippen LogP contribution in [-0.4, -0.2) is 16.9 Å². The van der Waals surface area contributed by atoms with E-state index in [1.807, 2.05) is 32.0 Å². The molecule has 0 spiro atoms. The predicted octanol–water partition coefficient (Wildman–Crippen LogP) is 2.85. The Balaban J connectivity index is 2.12. The standard InChI is InChI=1S/C14H14O4/c1-14(2)17-11-8-7-10(9-12(11)18-14)5-3-4-6-13(15)16/h3-9H,1-2H3,(H,15,16). The summed E-state index contributed by atoms with van der Waals surface area (Å²) in [6.45, 7) is 3.69. The number of fused-ring (bicyclic) bond motifs is 1. The molecule has 1 aromatic rings.